The van der Waals surface area contributed by atoms with Crippen molar-refractivity contribution in [3.8, 4) is 5.75 Å². The SMILES string of the molecule is Cc1ccc(OCc2nc(CC(=O)N[C@@H]3CCC[C@@H]3C(=O)O)cs2)cc1. The molecule has 1 aliphatic rings. The molecular formula is C19H22N2O4S. The van der Waals surface area contributed by atoms with E-state index in [1.165, 1.54) is 16.9 Å². The maximum absolute atomic E-state index is 12.2. The largest absolute Gasteiger partial charge is 0.486 e. The summed E-state index contributed by atoms with van der Waals surface area (Å²) >= 11 is 1.45. The van der Waals surface area contributed by atoms with Crippen LogP contribution < -0.4 is 10.1 Å². The molecule has 0 unspecified atom stereocenters. The number of benzene rings is 1. The van der Waals surface area contributed by atoms with Gasteiger partial charge in [0.05, 0.1) is 18.0 Å². The highest BCUT2D eigenvalue weighted by molar-refractivity contribution is 7.09. The van der Waals surface area contributed by atoms with Crippen molar-refractivity contribution in [1.82, 2.24) is 10.3 Å². The lowest BCUT2D eigenvalue weighted by molar-refractivity contribution is -0.142. The van der Waals surface area contributed by atoms with Gasteiger partial charge in [0.15, 0.2) is 0 Å². The summed E-state index contributed by atoms with van der Waals surface area (Å²) < 4.78 is 5.70. The number of ether oxygens (including phenoxy) is 1. The van der Waals surface area contributed by atoms with E-state index >= 15 is 0 Å². The third-order valence-electron chi connectivity index (χ3n) is 4.50. The Hall–Kier alpha value is -2.41. The van der Waals surface area contributed by atoms with Crippen molar-refractivity contribution < 1.29 is 19.4 Å². The third-order valence-corrected chi connectivity index (χ3v) is 5.37. The van der Waals surface area contributed by atoms with Crippen LogP contribution in [-0.2, 0) is 22.6 Å². The highest BCUT2D eigenvalue weighted by Crippen LogP contribution is 2.26. The Labute approximate surface area is 156 Å². The van der Waals surface area contributed by atoms with Crippen LogP contribution in [0, 0.1) is 12.8 Å². The first-order chi connectivity index (χ1) is 12.5. The molecule has 6 nitrogen and oxygen atoms in total. The van der Waals surface area contributed by atoms with Crippen LogP contribution in [0.25, 0.3) is 0 Å². The second-order valence-electron chi connectivity index (χ2n) is 6.56. The molecule has 0 aliphatic heterocycles. The van der Waals surface area contributed by atoms with Gasteiger partial charge in [0.1, 0.15) is 17.4 Å². The number of aliphatic carboxylic acids is 1. The van der Waals surface area contributed by atoms with E-state index in [1.807, 2.05) is 36.6 Å². The Balaban J connectivity index is 1.49. The van der Waals surface area contributed by atoms with Gasteiger partial charge in [-0.05, 0) is 31.9 Å². The molecule has 1 fully saturated rings. The number of aryl methyl sites for hydroxylation is 1. The van der Waals surface area contributed by atoms with Crippen molar-refractivity contribution in [3.05, 3.63) is 45.9 Å². The van der Waals surface area contributed by atoms with Gasteiger partial charge in [-0.2, -0.15) is 0 Å². The molecule has 1 saturated carbocycles. The molecule has 7 heteroatoms. The first-order valence-corrected chi connectivity index (χ1v) is 9.54. The van der Waals surface area contributed by atoms with Gasteiger partial charge in [-0.25, -0.2) is 4.98 Å². The predicted octanol–water partition coefficient (Wildman–Crippen LogP) is 2.94. The van der Waals surface area contributed by atoms with Gasteiger partial charge in [-0.3, -0.25) is 9.59 Å². The van der Waals surface area contributed by atoms with Gasteiger partial charge >= 0.3 is 5.97 Å². The molecule has 0 bridgehead atoms. The van der Waals surface area contributed by atoms with Crippen molar-refractivity contribution in [2.75, 3.05) is 0 Å². The topological polar surface area (TPSA) is 88.5 Å². The first kappa shape index (κ1) is 18.4. The number of nitrogens with zero attached hydrogens (tertiary/aromatic N) is 1. The summed E-state index contributed by atoms with van der Waals surface area (Å²) in [7, 11) is 0. The lowest BCUT2D eigenvalue weighted by Gasteiger charge is -2.17. The Kier molecular flexibility index (Phi) is 5.88. The molecule has 2 atom stereocenters. The number of thiazole rings is 1. The molecule has 0 radical (unpaired) electrons. The van der Waals surface area contributed by atoms with E-state index in [0.717, 1.165) is 23.6 Å². The maximum Gasteiger partial charge on any atom is 0.308 e. The van der Waals surface area contributed by atoms with E-state index in [9.17, 15) is 14.7 Å². The first-order valence-electron chi connectivity index (χ1n) is 8.66. The van der Waals surface area contributed by atoms with Crippen molar-refractivity contribution >= 4 is 23.2 Å². The Bertz CT molecular complexity index is 772. The number of carboxylic acid groups (broad SMARTS) is 1. The van der Waals surface area contributed by atoms with Crippen LogP contribution in [0.5, 0.6) is 5.75 Å². The van der Waals surface area contributed by atoms with Crippen LogP contribution in [-0.4, -0.2) is 28.0 Å². The second-order valence-corrected chi connectivity index (χ2v) is 7.50. The van der Waals surface area contributed by atoms with E-state index in [-0.39, 0.29) is 18.4 Å². The summed E-state index contributed by atoms with van der Waals surface area (Å²) in [5.41, 5.74) is 1.85. The Morgan fingerprint density at radius 3 is 2.81 bits per heavy atom. The number of carbonyl (C=O) groups excluding carboxylic acids is 1. The number of hydrogen-bond acceptors (Lipinski definition) is 5. The van der Waals surface area contributed by atoms with Gasteiger partial charge in [0.25, 0.3) is 0 Å². The van der Waals surface area contributed by atoms with E-state index in [1.54, 1.807) is 0 Å². The van der Waals surface area contributed by atoms with Crippen LogP contribution in [0.4, 0.5) is 0 Å². The maximum atomic E-state index is 12.2. The zero-order valence-electron chi connectivity index (χ0n) is 14.6. The molecule has 1 heterocycles. The fraction of sp³-hybridized carbons (Fsp3) is 0.421. The van der Waals surface area contributed by atoms with E-state index < -0.39 is 11.9 Å². The Morgan fingerprint density at radius 2 is 2.08 bits per heavy atom. The molecule has 1 aliphatic carbocycles. The summed E-state index contributed by atoms with van der Waals surface area (Å²) in [5, 5.41) is 14.7. The van der Waals surface area contributed by atoms with Crippen molar-refractivity contribution in [2.24, 2.45) is 5.92 Å². The van der Waals surface area contributed by atoms with E-state index in [2.05, 4.69) is 10.3 Å². The predicted molar refractivity (Wildman–Crippen MR) is 98.2 cm³/mol. The quantitative estimate of drug-likeness (QED) is 0.778. The number of amides is 1. The van der Waals surface area contributed by atoms with Gasteiger partial charge in [-0.1, -0.05) is 24.1 Å². The molecule has 3 rings (SSSR count). The highest BCUT2D eigenvalue weighted by Gasteiger charge is 2.33. The highest BCUT2D eigenvalue weighted by atomic mass is 32.1. The molecule has 0 spiro atoms. The minimum Gasteiger partial charge on any atom is -0.486 e. The number of hydrogen-bond donors (Lipinski definition) is 2. The number of aromatic nitrogens is 1. The molecule has 1 aromatic carbocycles. The molecule has 1 amide bonds. The molecular weight excluding hydrogens is 352 g/mol. The van der Waals surface area contributed by atoms with Crippen LogP contribution in [0.3, 0.4) is 0 Å². The van der Waals surface area contributed by atoms with Crippen LogP contribution in [0.2, 0.25) is 0 Å². The summed E-state index contributed by atoms with van der Waals surface area (Å²) in [5.74, 6) is -0.713. The normalized spacial score (nSPS) is 19.3. The molecule has 1 aromatic heterocycles. The van der Waals surface area contributed by atoms with Gasteiger partial charge in [0, 0.05) is 11.4 Å². The average molecular weight is 374 g/mol. The zero-order valence-corrected chi connectivity index (χ0v) is 15.4. The number of rotatable bonds is 7. The number of carbonyl (C=O) groups is 2. The lowest BCUT2D eigenvalue weighted by Crippen LogP contribution is -2.40. The summed E-state index contributed by atoms with van der Waals surface area (Å²) in [6.45, 7) is 2.38. The monoisotopic (exact) mass is 374 g/mol. The van der Waals surface area contributed by atoms with Crippen LogP contribution in [0.15, 0.2) is 29.6 Å². The average Bonchev–Trinajstić information content (AvgIpc) is 3.23. The molecule has 0 saturated heterocycles. The van der Waals surface area contributed by atoms with Crippen molar-refractivity contribution in [3.63, 3.8) is 0 Å². The minimum absolute atomic E-state index is 0.157. The fourth-order valence-corrected chi connectivity index (χ4v) is 3.83. The lowest BCUT2D eigenvalue weighted by atomic mass is 10.0. The van der Waals surface area contributed by atoms with E-state index in [0.29, 0.717) is 18.7 Å². The van der Waals surface area contributed by atoms with E-state index in [4.69, 9.17) is 4.74 Å². The standard InChI is InChI=1S/C19H22N2O4S/c1-12-5-7-14(8-6-12)25-10-18-20-13(11-26-18)9-17(22)21-16-4-2-3-15(16)19(23)24/h5-8,11,15-16H,2-4,9-10H2,1H3,(H,21,22)(H,23,24)/t15-,16+/m0/s1. The van der Waals surface area contributed by atoms with Crippen molar-refractivity contribution in [1.29, 1.82) is 0 Å². The summed E-state index contributed by atoms with van der Waals surface area (Å²) in [6, 6.07) is 7.53. The van der Waals surface area contributed by atoms with Crippen LogP contribution >= 0.6 is 11.3 Å². The number of nitrogens with one attached hydrogen (secondary N) is 1. The van der Waals surface area contributed by atoms with Crippen molar-refractivity contribution in [2.45, 2.75) is 45.3 Å². The van der Waals surface area contributed by atoms with Gasteiger partial charge in [-0.15, -0.1) is 11.3 Å². The summed E-state index contributed by atoms with van der Waals surface area (Å²) in [4.78, 5) is 27.8. The number of carboxylic acids is 1. The molecule has 138 valence electrons. The second kappa shape index (κ2) is 8.31. The molecule has 2 N–H and O–H groups in total. The minimum atomic E-state index is -0.836. The smallest absolute Gasteiger partial charge is 0.308 e. The van der Waals surface area contributed by atoms with Gasteiger partial charge < -0.3 is 15.2 Å². The zero-order chi connectivity index (χ0) is 18.5. The van der Waals surface area contributed by atoms with Gasteiger partial charge in [0.2, 0.25) is 5.91 Å². The van der Waals surface area contributed by atoms with Crippen LogP contribution in [0.1, 0.15) is 35.5 Å². The third kappa shape index (κ3) is 4.82. The molecule has 26 heavy (non-hydrogen) atoms. The Morgan fingerprint density at radius 1 is 1.31 bits per heavy atom. The summed E-state index contributed by atoms with van der Waals surface area (Å²) in [6.07, 6.45) is 2.33. The fourth-order valence-electron chi connectivity index (χ4n) is 3.13. The molecule has 2 aromatic rings.